The minimum absolute atomic E-state index is 0.0408. The molecule has 0 spiro atoms. The summed E-state index contributed by atoms with van der Waals surface area (Å²) >= 11 is 0. The Balaban J connectivity index is 1.52. The number of carbonyl (C=O) groups excluding carboxylic acids is 1. The van der Waals surface area contributed by atoms with Gasteiger partial charge in [0.1, 0.15) is 11.6 Å². The van der Waals surface area contributed by atoms with Gasteiger partial charge in [0, 0.05) is 18.0 Å². The lowest BCUT2D eigenvalue weighted by atomic mass is 10.1. The number of ether oxygens (including phenoxy) is 1. The van der Waals surface area contributed by atoms with Gasteiger partial charge in [0.25, 0.3) is 0 Å². The minimum Gasteiger partial charge on any atom is -0.496 e. The fraction of sp³-hybridized carbons (Fsp3) is 0.500. The minimum atomic E-state index is -0.0408. The van der Waals surface area contributed by atoms with Gasteiger partial charge in [0.2, 0.25) is 5.91 Å². The summed E-state index contributed by atoms with van der Waals surface area (Å²) in [6, 6.07) is 7.64. The van der Waals surface area contributed by atoms with Gasteiger partial charge in [-0.3, -0.25) is 4.79 Å². The fourth-order valence-corrected chi connectivity index (χ4v) is 3.35. The molecule has 0 radical (unpaired) electrons. The van der Waals surface area contributed by atoms with Crippen molar-refractivity contribution in [1.29, 1.82) is 0 Å². The third-order valence-electron chi connectivity index (χ3n) is 4.91. The Hall–Kier alpha value is -2.37. The van der Waals surface area contributed by atoms with Gasteiger partial charge in [0.05, 0.1) is 26.1 Å². The monoisotopic (exact) mass is 326 g/mol. The second kappa shape index (κ2) is 5.92. The predicted octanol–water partition coefficient (Wildman–Crippen LogP) is 2.31. The van der Waals surface area contributed by atoms with Gasteiger partial charge in [-0.1, -0.05) is 18.2 Å². The quantitative estimate of drug-likeness (QED) is 0.865. The molecule has 24 heavy (non-hydrogen) atoms. The first-order valence-corrected chi connectivity index (χ1v) is 8.53. The fourth-order valence-electron chi connectivity index (χ4n) is 3.35. The van der Waals surface area contributed by atoms with E-state index in [-0.39, 0.29) is 11.9 Å². The number of hydrogen-bond acceptors (Lipinski definition) is 4. The molecule has 2 aliphatic rings. The molecule has 1 aliphatic carbocycles. The first-order valence-electron chi connectivity index (χ1n) is 8.53. The van der Waals surface area contributed by atoms with E-state index in [1.165, 1.54) is 12.8 Å². The zero-order valence-electron chi connectivity index (χ0n) is 14.1. The lowest BCUT2D eigenvalue weighted by Gasteiger charge is -2.33. The summed E-state index contributed by atoms with van der Waals surface area (Å²) in [6.07, 6.45) is 2.72. The highest BCUT2D eigenvalue weighted by Gasteiger charge is 2.34. The molecule has 0 N–H and O–H groups in total. The maximum absolute atomic E-state index is 12.8. The molecule has 1 fully saturated rings. The summed E-state index contributed by atoms with van der Waals surface area (Å²) in [6.45, 7) is 3.43. The van der Waals surface area contributed by atoms with E-state index in [0.29, 0.717) is 18.9 Å². The highest BCUT2D eigenvalue weighted by molar-refractivity contribution is 5.80. The predicted molar refractivity (Wildman–Crippen MR) is 88.8 cm³/mol. The Morgan fingerprint density at radius 3 is 2.83 bits per heavy atom. The van der Waals surface area contributed by atoms with Crippen LogP contribution in [0.15, 0.2) is 24.3 Å². The maximum Gasteiger partial charge on any atom is 0.227 e. The van der Waals surface area contributed by atoms with Crippen molar-refractivity contribution < 1.29 is 9.53 Å². The number of rotatable bonds is 4. The zero-order valence-corrected chi connectivity index (χ0v) is 14.1. The lowest BCUT2D eigenvalue weighted by molar-refractivity contribution is -0.133. The first kappa shape index (κ1) is 15.2. The van der Waals surface area contributed by atoms with Crippen molar-refractivity contribution in [3.63, 3.8) is 0 Å². The van der Waals surface area contributed by atoms with Crippen LogP contribution in [-0.4, -0.2) is 39.2 Å². The SMILES string of the molecule is COc1ccccc1CC(=O)N1CCn2nc(C3CC3)nc2[C@H]1C. The number of methoxy groups -OCH3 is 1. The number of nitrogens with zero attached hydrogens (tertiary/aromatic N) is 4. The molecule has 1 saturated carbocycles. The van der Waals surface area contributed by atoms with Gasteiger partial charge in [-0.25, -0.2) is 9.67 Å². The Bertz CT molecular complexity index is 766. The van der Waals surface area contributed by atoms with Gasteiger partial charge < -0.3 is 9.64 Å². The van der Waals surface area contributed by atoms with Crippen molar-refractivity contribution in [1.82, 2.24) is 19.7 Å². The lowest BCUT2D eigenvalue weighted by Crippen LogP contribution is -2.42. The molecule has 126 valence electrons. The van der Waals surface area contributed by atoms with Crippen LogP contribution in [0.1, 0.15) is 48.9 Å². The standard InChI is InChI=1S/C18H22N4O2/c1-12-18-19-17(13-7-8-13)20-22(18)10-9-21(12)16(23)11-14-5-3-4-6-15(14)24-2/h3-6,12-13H,7-11H2,1-2H3/t12-/m1/s1. The summed E-state index contributed by atoms with van der Waals surface area (Å²) < 4.78 is 7.33. The van der Waals surface area contributed by atoms with E-state index >= 15 is 0 Å². The number of amides is 1. The van der Waals surface area contributed by atoms with Crippen molar-refractivity contribution in [2.45, 2.75) is 44.7 Å². The van der Waals surface area contributed by atoms with Crippen LogP contribution in [0.5, 0.6) is 5.75 Å². The Kier molecular flexibility index (Phi) is 3.75. The van der Waals surface area contributed by atoms with Crippen molar-refractivity contribution in [2.75, 3.05) is 13.7 Å². The average Bonchev–Trinajstić information content (AvgIpc) is 3.35. The highest BCUT2D eigenvalue weighted by atomic mass is 16.5. The molecule has 6 nitrogen and oxygen atoms in total. The number of fused-ring (bicyclic) bond motifs is 1. The molecule has 2 heterocycles. The highest BCUT2D eigenvalue weighted by Crippen LogP contribution is 2.39. The second-order valence-electron chi connectivity index (χ2n) is 6.58. The van der Waals surface area contributed by atoms with E-state index in [9.17, 15) is 4.79 Å². The molecular formula is C18H22N4O2. The normalized spacial score (nSPS) is 19.9. The summed E-state index contributed by atoms with van der Waals surface area (Å²) in [5, 5.41) is 4.62. The first-order chi connectivity index (χ1) is 11.7. The third-order valence-corrected chi connectivity index (χ3v) is 4.91. The van der Waals surface area contributed by atoms with Crippen LogP contribution in [0, 0.1) is 0 Å². The van der Waals surface area contributed by atoms with E-state index in [2.05, 4.69) is 5.10 Å². The summed E-state index contributed by atoms with van der Waals surface area (Å²) in [4.78, 5) is 19.4. The van der Waals surface area contributed by atoms with Gasteiger partial charge >= 0.3 is 0 Å². The maximum atomic E-state index is 12.8. The Labute approximate surface area is 141 Å². The van der Waals surface area contributed by atoms with Gasteiger partial charge in [-0.2, -0.15) is 5.10 Å². The van der Waals surface area contributed by atoms with Crippen LogP contribution in [-0.2, 0) is 17.8 Å². The van der Waals surface area contributed by atoms with E-state index in [1.807, 2.05) is 40.8 Å². The van der Waals surface area contributed by atoms with Crippen LogP contribution < -0.4 is 4.74 Å². The van der Waals surface area contributed by atoms with E-state index in [0.717, 1.165) is 29.5 Å². The van der Waals surface area contributed by atoms with Crippen LogP contribution in [0.25, 0.3) is 0 Å². The van der Waals surface area contributed by atoms with Crippen LogP contribution in [0.4, 0.5) is 0 Å². The summed E-state index contributed by atoms with van der Waals surface area (Å²) in [5.74, 6) is 3.27. The van der Waals surface area contributed by atoms with E-state index in [1.54, 1.807) is 7.11 Å². The van der Waals surface area contributed by atoms with Crippen LogP contribution in [0.2, 0.25) is 0 Å². The smallest absolute Gasteiger partial charge is 0.227 e. The molecular weight excluding hydrogens is 304 g/mol. The Morgan fingerprint density at radius 2 is 2.08 bits per heavy atom. The summed E-state index contributed by atoms with van der Waals surface area (Å²) in [5.41, 5.74) is 0.919. The van der Waals surface area contributed by atoms with Crippen LogP contribution in [0.3, 0.4) is 0 Å². The number of benzene rings is 1. The molecule has 0 unspecified atom stereocenters. The average molecular weight is 326 g/mol. The zero-order chi connectivity index (χ0) is 16.7. The molecule has 1 aromatic carbocycles. The third kappa shape index (κ3) is 2.66. The van der Waals surface area contributed by atoms with Crippen molar-refractivity contribution in [3.8, 4) is 5.75 Å². The number of para-hydroxylation sites is 1. The topological polar surface area (TPSA) is 60.2 Å². The summed E-state index contributed by atoms with van der Waals surface area (Å²) in [7, 11) is 1.63. The number of hydrogen-bond donors (Lipinski definition) is 0. The Morgan fingerprint density at radius 1 is 1.29 bits per heavy atom. The molecule has 2 aromatic rings. The van der Waals surface area contributed by atoms with Crippen molar-refractivity contribution >= 4 is 5.91 Å². The molecule has 1 aliphatic heterocycles. The van der Waals surface area contributed by atoms with Gasteiger partial charge in [0.15, 0.2) is 5.82 Å². The van der Waals surface area contributed by atoms with Crippen molar-refractivity contribution in [2.24, 2.45) is 0 Å². The molecule has 1 atom stereocenters. The molecule has 1 amide bonds. The molecule has 6 heteroatoms. The van der Waals surface area contributed by atoms with E-state index < -0.39 is 0 Å². The largest absolute Gasteiger partial charge is 0.496 e. The molecule has 4 rings (SSSR count). The van der Waals surface area contributed by atoms with Crippen LogP contribution >= 0.6 is 0 Å². The molecule has 0 saturated heterocycles. The van der Waals surface area contributed by atoms with Gasteiger partial charge in [-0.05, 0) is 25.8 Å². The van der Waals surface area contributed by atoms with E-state index in [4.69, 9.17) is 9.72 Å². The number of carbonyl (C=O) groups is 1. The van der Waals surface area contributed by atoms with Gasteiger partial charge in [-0.15, -0.1) is 0 Å². The number of aromatic nitrogens is 3. The van der Waals surface area contributed by atoms with Crippen molar-refractivity contribution in [3.05, 3.63) is 41.5 Å². The second-order valence-corrected chi connectivity index (χ2v) is 6.58. The molecule has 0 bridgehead atoms. The molecule has 1 aromatic heterocycles.